The molecule has 4 heterocycles. The number of benzene rings is 6. The Labute approximate surface area is 362 Å². The van der Waals surface area contributed by atoms with Crippen LogP contribution in [-0.2, 0) is 31.9 Å². The summed E-state index contributed by atoms with van der Waals surface area (Å²) in [5, 5.41) is 0. The summed E-state index contributed by atoms with van der Waals surface area (Å²) >= 11 is 0. The fraction of sp³-hybridized carbons (Fsp3) is 0.176. The molecule has 0 spiro atoms. The first kappa shape index (κ1) is 38.6. The first-order chi connectivity index (χ1) is 28.0. The van der Waals surface area contributed by atoms with E-state index in [2.05, 4.69) is 201 Å². The minimum Gasteiger partial charge on any atom is -0.510 e. The molecule has 0 radical (unpaired) electrons. The number of imidazole rings is 1. The summed E-state index contributed by atoms with van der Waals surface area (Å²) < 4.78 is 11.2. The van der Waals surface area contributed by atoms with Gasteiger partial charge < -0.3 is 18.9 Å². The van der Waals surface area contributed by atoms with Crippen molar-refractivity contribution in [2.24, 2.45) is 0 Å². The van der Waals surface area contributed by atoms with Gasteiger partial charge in [0.15, 0.2) is 0 Å². The maximum absolute atomic E-state index is 6.91. The summed E-state index contributed by atoms with van der Waals surface area (Å²) in [5.74, 6) is 2.10. The van der Waals surface area contributed by atoms with Crippen molar-refractivity contribution < 1.29 is 30.4 Å². The molecule has 0 aliphatic carbocycles. The molecule has 0 bridgehead atoms. The molecule has 0 fully saturated rings. The SMILES string of the molecule is Cc1cccc(C)c1B1N(c2ccccc2)c2cccnc2N1c1[c-]c(Oc2[c-]c3c(cc2)C(C)(C)c2cccc4c2n-3[c-][n+]4-c2ccccc2)cc(C(C)(C)C)c1.[Pt]. The second kappa shape index (κ2) is 14.4. The van der Waals surface area contributed by atoms with E-state index >= 15 is 0 Å². The van der Waals surface area contributed by atoms with Crippen molar-refractivity contribution >= 4 is 46.4 Å². The van der Waals surface area contributed by atoms with Gasteiger partial charge in [-0.1, -0.05) is 124 Å². The average Bonchev–Trinajstić information content (AvgIpc) is 3.77. The summed E-state index contributed by atoms with van der Waals surface area (Å²) in [6, 6.07) is 54.4. The fourth-order valence-corrected chi connectivity index (χ4v) is 8.94. The summed E-state index contributed by atoms with van der Waals surface area (Å²) in [7, 11) is 0. The number of nitrogens with zero attached hydrogens (tertiary/aromatic N) is 5. The Morgan fingerprint density at radius 2 is 1.42 bits per heavy atom. The molecule has 2 aliphatic rings. The number of para-hydroxylation sites is 3. The molecule has 0 saturated carbocycles. The third-order valence-electron chi connectivity index (χ3n) is 11.9. The van der Waals surface area contributed by atoms with E-state index in [1.807, 2.05) is 24.4 Å². The normalized spacial score (nSPS) is 13.9. The standard InChI is InChI=1S/C51H44BN5O.Pt/c1-34-17-14-18-35(2)47(34)52-56(38-21-12-9-13-22-38)45-25-16-28-53-49(45)57(52)39-29-36(50(3,4)5)30-41(31-39)58-40-26-27-42-46(32-40)55-33-54(37-19-10-8-11-20-37)44-24-15-23-43(48(44)55)51(42,6)7;/h8-30H,1-7H3;/q-2;. The van der Waals surface area contributed by atoms with Gasteiger partial charge in [0.05, 0.1) is 22.4 Å². The van der Waals surface area contributed by atoms with Crippen molar-refractivity contribution in [2.75, 3.05) is 9.62 Å². The second-order valence-electron chi connectivity index (χ2n) is 17.1. The first-order valence-corrected chi connectivity index (χ1v) is 20.0. The molecule has 0 saturated heterocycles. The van der Waals surface area contributed by atoms with Gasteiger partial charge in [-0.15, -0.1) is 41.5 Å². The summed E-state index contributed by atoms with van der Waals surface area (Å²) in [6.45, 7) is 15.5. The third kappa shape index (κ3) is 6.30. The smallest absolute Gasteiger partial charge is 0.420 e. The molecule has 2 aromatic heterocycles. The van der Waals surface area contributed by atoms with Crippen LogP contribution in [-0.4, -0.2) is 16.5 Å². The largest absolute Gasteiger partial charge is 0.510 e. The van der Waals surface area contributed by atoms with Gasteiger partial charge >= 0.3 is 6.98 Å². The van der Waals surface area contributed by atoms with Crippen LogP contribution in [0.4, 0.5) is 22.9 Å². The average molecular weight is 949 g/mol. The number of pyridine rings is 1. The van der Waals surface area contributed by atoms with Crippen LogP contribution in [0.1, 0.15) is 62.4 Å². The van der Waals surface area contributed by atoms with Crippen LogP contribution in [0.3, 0.4) is 0 Å². The quantitative estimate of drug-likeness (QED) is 0.0946. The van der Waals surface area contributed by atoms with Gasteiger partial charge in [0.25, 0.3) is 6.33 Å². The number of aryl methyl sites for hydroxylation is 2. The van der Waals surface area contributed by atoms with Crippen molar-refractivity contribution in [1.29, 1.82) is 0 Å². The summed E-state index contributed by atoms with van der Waals surface area (Å²) in [5.41, 5.74) is 14.0. The van der Waals surface area contributed by atoms with E-state index < -0.39 is 0 Å². The number of ether oxygens (including phenoxy) is 1. The maximum Gasteiger partial charge on any atom is 0.420 e. The molecule has 0 amide bonds. The van der Waals surface area contributed by atoms with E-state index in [-0.39, 0.29) is 38.9 Å². The van der Waals surface area contributed by atoms with Gasteiger partial charge in [-0.25, -0.2) is 4.98 Å². The van der Waals surface area contributed by atoms with Crippen LogP contribution < -0.4 is 24.4 Å². The zero-order valence-corrected chi connectivity index (χ0v) is 36.6. The molecular weight excluding hydrogens is 904 g/mol. The van der Waals surface area contributed by atoms with E-state index in [1.165, 1.54) is 22.2 Å². The number of rotatable bonds is 6. The summed E-state index contributed by atoms with van der Waals surface area (Å²) in [4.78, 5) is 9.81. The molecule has 0 N–H and O–H groups in total. The number of anilines is 4. The van der Waals surface area contributed by atoms with Crippen LogP contribution in [0.5, 0.6) is 11.5 Å². The van der Waals surface area contributed by atoms with Crippen LogP contribution in [0, 0.1) is 32.3 Å². The molecule has 0 unspecified atom stereocenters. The molecule has 6 nitrogen and oxygen atoms in total. The molecule has 59 heavy (non-hydrogen) atoms. The predicted octanol–water partition coefficient (Wildman–Crippen LogP) is 10.7. The van der Waals surface area contributed by atoms with Gasteiger partial charge in [-0.05, 0) is 77.8 Å². The van der Waals surface area contributed by atoms with Crippen molar-refractivity contribution in [3.8, 4) is 22.9 Å². The molecule has 294 valence electrons. The fourth-order valence-electron chi connectivity index (χ4n) is 8.94. The summed E-state index contributed by atoms with van der Waals surface area (Å²) in [6.07, 6.45) is 5.57. The van der Waals surface area contributed by atoms with E-state index in [9.17, 15) is 0 Å². The number of hydrogen-bond acceptors (Lipinski definition) is 4. The van der Waals surface area contributed by atoms with Crippen molar-refractivity contribution in [1.82, 2.24) is 9.55 Å². The first-order valence-electron chi connectivity index (χ1n) is 20.0. The molecule has 2 aliphatic heterocycles. The van der Waals surface area contributed by atoms with Crippen LogP contribution >= 0.6 is 0 Å². The van der Waals surface area contributed by atoms with Crippen LogP contribution in [0.25, 0.3) is 22.4 Å². The molecule has 10 rings (SSSR count). The van der Waals surface area contributed by atoms with Crippen molar-refractivity contribution in [3.05, 3.63) is 186 Å². The van der Waals surface area contributed by atoms with Gasteiger partial charge in [-0.2, -0.15) is 6.07 Å². The van der Waals surface area contributed by atoms with E-state index in [4.69, 9.17) is 9.72 Å². The van der Waals surface area contributed by atoms with Crippen LogP contribution in [0.2, 0.25) is 0 Å². The Morgan fingerprint density at radius 1 is 0.712 bits per heavy atom. The van der Waals surface area contributed by atoms with Gasteiger partial charge in [0, 0.05) is 44.4 Å². The third-order valence-corrected chi connectivity index (χ3v) is 11.9. The monoisotopic (exact) mass is 948 g/mol. The molecular formula is C51H44BN5OPt-2. The van der Waals surface area contributed by atoms with Gasteiger partial charge in [-0.3, -0.25) is 4.57 Å². The topological polar surface area (TPSA) is 37.4 Å². The van der Waals surface area contributed by atoms with Gasteiger partial charge in [0.1, 0.15) is 5.82 Å². The number of aromatic nitrogens is 3. The van der Waals surface area contributed by atoms with E-state index in [0.29, 0.717) is 11.5 Å². The zero-order valence-electron chi connectivity index (χ0n) is 34.3. The Balaban J connectivity index is 0.00000449. The maximum atomic E-state index is 6.91. The second-order valence-corrected chi connectivity index (χ2v) is 17.1. The van der Waals surface area contributed by atoms with Crippen molar-refractivity contribution in [3.63, 3.8) is 0 Å². The minimum absolute atomic E-state index is 0. The zero-order chi connectivity index (χ0) is 39.9. The van der Waals surface area contributed by atoms with Crippen molar-refractivity contribution in [2.45, 2.75) is 59.3 Å². The Kier molecular flexibility index (Phi) is 9.44. The Hall–Kier alpha value is -5.91. The molecule has 8 heteroatoms. The molecule has 0 atom stereocenters. The van der Waals surface area contributed by atoms with Gasteiger partial charge in [0.2, 0.25) is 0 Å². The van der Waals surface area contributed by atoms with Crippen LogP contribution in [0.15, 0.2) is 140 Å². The Bertz CT molecular complexity index is 2860. The Morgan fingerprint density at radius 3 is 2.15 bits per heavy atom. The predicted molar refractivity (Wildman–Crippen MR) is 235 cm³/mol. The molecule has 8 aromatic rings. The van der Waals surface area contributed by atoms with E-state index in [0.717, 1.165) is 56.4 Å². The number of fused-ring (bicyclic) bond motifs is 3. The number of hydrogen-bond donors (Lipinski definition) is 0. The molecule has 6 aromatic carbocycles. The minimum atomic E-state index is -0.268. The van der Waals surface area contributed by atoms with E-state index in [1.54, 1.807) is 0 Å².